The third-order valence-corrected chi connectivity index (χ3v) is 5.52. The van der Waals surface area contributed by atoms with Crippen molar-refractivity contribution in [1.82, 2.24) is 10.2 Å². The summed E-state index contributed by atoms with van der Waals surface area (Å²) in [4.78, 5) is 26.7. The Bertz CT molecular complexity index is 485. The molecular weight excluding hydrogens is 276 g/mol. The van der Waals surface area contributed by atoms with Gasteiger partial charge >= 0.3 is 0 Å². The van der Waals surface area contributed by atoms with Crippen molar-refractivity contribution in [2.24, 2.45) is 11.8 Å². The predicted octanol–water partition coefficient (Wildman–Crippen LogP) is 2.64. The van der Waals surface area contributed by atoms with Crippen LogP contribution in [0, 0.1) is 11.8 Å². The molecule has 122 valence electrons. The summed E-state index contributed by atoms with van der Waals surface area (Å²) >= 11 is 0. The maximum Gasteiger partial charge on any atom is 0.242 e. The van der Waals surface area contributed by atoms with Crippen molar-refractivity contribution in [1.29, 1.82) is 0 Å². The van der Waals surface area contributed by atoms with Crippen LogP contribution in [0.3, 0.4) is 0 Å². The Morgan fingerprint density at radius 3 is 3.05 bits per heavy atom. The van der Waals surface area contributed by atoms with Gasteiger partial charge in [-0.05, 0) is 51.4 Å². The molecular formula is C18H28N2O2. The lowest BCUT2D eigenvalue weighted by Crippen LogP contribution is -2.49. The van der Waals surface area contributed by atoms with Crippen molar-refractivity contribution in [3.8, 4) is 0 Å². The molecule has 0 bridgehead atoms. The standard InChI is InChI=1S/C18H28N2O2/c1-3-5-13-8-9-20(18(13)22)12(2)17(21)19-16-7-4-6-14-10-15(14)11-16/h6,12-13,15-16H,3-5,7-11H2,1-2H3,(H,19,21). The highest BCUT2D eigenvalue weighted by Crippen LogP contribution is 2.44. The summed E-state index contributed by atoms with van der Waals surface area (Å²) in [5, 5.41) is 3.19. The minimum atomic E-state index is -0.329. The highest BCUT2D eigenvalue weighted by Gasteiger charge is 2.38. The second kappa shape index (κ2) is 6.43. The molecule has 2 aliphatic carbocycles. The quantitative estimate of drug-likeness (QED) is 0.794. The Morgan fingerprint density at radius 1 is 1.45 bits per heavy atom. The molecule has 0 radical (unpaired) electrons. The Morgan fingerprint density at radius 2 is 2.27 bits per heavy atom. The van der Waals surface area contributed by atoms with E-state index in [0.717, 1.165) is 45.1 Å². The number of carbonyl (C=O) groups excluding carboxylic acids is 2. The van der Waals surface area contributed by atoms with E-state index in [2.05, 4.69) is 18.3 Å². The Kier molecular flexibility index (Phi) is 4.55. The van der Waals surface area contributed by atoms with E-state index in [-0.39, 0.29) is 29.8 Å². The molecule has 1 aliphatic heterocycles. The minimum Gasteiger partial charge on any atom is -0.352 e. The van der Waals surface area contributed by atoms with Crippen LogP contribution in [0.4, 0.5) is 0 Å². The molecule has 4 unspecified atom stereocenters. The van der Waals surface area contributed by atoms with Crippen molar-refractivity contribution >= 4 is 11.8 Å². The first kappa shape index (κ1) is 15.6. The Hall–Kier alpha value is -1.32. The summed E-state index contributed by atoms with van der Waals surface area (Å²) in [5.41, 5.74) is 1.59. The number of likely N-dealkylation sites (tertiary alicyclic amines) is 1. The molecule has 1 saturated carbocycles. The topological polar surface area (TPSA) is 49.4 Å². The maximum atomic E-state index is 12.5. The number of amides is 2. The summed E-state index contributed by atoms with van der Waals surface area (Å²) in [5.74, 6) is 1.05. The molecule has 0 aromatic rings. The predicted molar refractivity (Wildman–Crippen MR) is 86.2 cm³/mol. The number of nitrogens with zero attached hydrogens (tertiary/aromatic N) is 1. The van der Waals surface area contributed by atoms with E-state index in [0.29, 0.717) is 5.92 Å². The smallest absolute Gasteiger partial charge is 0.242 e. The van der Waals surface area contributed by atoms with Gasteiger partial charge in [-0.15, -0.1) is 0 Å². The van der Waals surface area contributed by atoms with Crippen molar-refractivity contribution in [3.63, 3.8) is 0 Å². The second-order valence-electron chi connectivity index (χ2n) is 7.18. The lowest BCUT2D eigenvalue weighted by atomic mass is 10.0. The zero-order chi connectivity index (χ0) is 15.7. The SMILES string of the molecule is CCCC1CCN(C(C)C(=O)NC2CCC=C3CC3C2)C1=O. The van der Waals surface area contributed by atoms with E-state index < -0.39 is 0 Å². The summed E-state index contributed by atoms with van der Waals surface area (Å²) in [7, 11) is 0. The first-order valence-electron chi connectivity index (χ1n) is 8.90. The van der Waals surface area contributed by atoms with Crippen LogP contribution in [0.25, 0.3) is 0 Å². The lowest BCUT2D eigenvalue weighted by Gasteiger charge is -2.26. The molecule has 1 heterocycles. The van der Waals surface area contributed by atoms with Gasteiger partial charge in [-0.25, -0.2) is 0 Å². The minimum absolute atomic E-state index is 0.0274. The number of hydrogen-bond acceptors (Lipinski definition) is 2. The van der Waals surface area contributed by atoms with Gasteiger partial charge in [0.15, 0.2) is 0 Å². The molecule has 0 spiro atoms. The van der Waals surface area contributed by atoms with Crippen LogP contribution in [-0.2, 0) is 9.59 Å². The third kappa shape index (κ3) is 3.21. The number of carbonyl (C=O) groups is 2. The summed E-state index contributed by atoms with van der Waals surface area (Å²) in [6, 6.07) is -0.0513. The molecule has 22 heavy (non-hydrogen) atoms. The molecule has 0 aromatic carbocycles. The van der Waals surface area contributed by atoms with Crippen molar-refractivity contribution in [2.45, 2.75) is 70.9 Å². The van der Waals surface area contributed by atoms with E-state index in [1.165, 1.54) is 6.42 Å². The van der Waals surface area contributed by atoms with E-state index in [9.17, 15) is 9.59 Å². The highest BCUT2D eigenvalue weighted by molar-refractivity contribution is 5.89. The van der Waals surface area contributed by atoms with E-state index in [4.69, 9.17) is 0 Å². The molecule has 4 nitrogen and oxygen atoms in total. The molecule has 4 heteroatoms. The van der Waals surface area contributed by atoms with Gasteiger partial charge in [0.1, 0.15) is 6.04 Å². The largest absolute Gasteiger partial charge is 0.352 e. The molecule has 3 rings (SSSR count). The van der Waals surface area contributed by atoms with E-state index in [1.807, 2.05) is 6.92 Å². The fourth-order valence-corrected chi connectivity index (χ4v) is 4.00. The monoisotopic (exact) mass is 304 g/mol. The normalized spacial score (nSPS) is 32.1. The van der Waals surface area contributed by atoms with Crippen LogP contribution < -0.4 is 5.32 Å². The fraction of sp³-hybridized carbons (Fsp3) is 0.778. The Balaban J connectivity index is 1.52. The van der Waals surface area contributed by atoms with Gasteiger partial charge in [0, 0.05) is 18.5 Å². The highest BCUT2D eigenvalue weighted by atomic mass is 16.2. The third-order valence-electron chi connectivity index (χ3n) is 5.52. The fourth-order valence-electron chi connectivity index (χ4n) is 4.00. The number of fused-ring (bicyclic) bond motifs is 1. The van der Waals surface area contributed by atoms with Gasteiger partial charge in [-0.2, -0.15) is 0 Å². The van der Waals surface area contributed by atoms with Crippen molar-refractivity contribution < 1.29 is 9.59 Å². The lowest BCUT2D eigenvalue weighted by molar-refractivity contribution is -0.139. The van der Waals surface area contributed by atoms with E-state index in [1.54, 1.807) is 10.5 Å². The first-order chi connectivity index (χ1) is 10.6. The zero-order valence-electron chi connectivity index (χ0n) is 13.8. The van der Waals surface area contributed by atoms with Crippen LogP contribution in [0.1, 0.15) is 58.8 Å². The number of rotatable bonds is 5. The summed E-state index contributed by atoms with van der Waals surface area (Å²) in [6.07, 6.45) is 9.65. The van der Waals surface area contributed by atoms with Gasteiger partial charge in [0.05, 0.1) is 0 Å². The number of hydrogen-bond donors (Lipinski definition) is 1. The molecule has 2 amide bonds. The number of nitrogens with one attached hydrogen (secondary N) is 1. The zero-order valence-corrected chi connectivity index (χ0v) is 13.8. The Labute approximate surface area is 133 Å². The van der Waals surface area contributed by atoms with Gasteiger partial charge < -0.3 is 10.2 Å². The molecule has 2 fully saturated rings. The summed E-state index contributed by atoms with van der Waals surface area (Å²) in [6.45, 7) is 4.72. The van der Waals surface area contributed by atoms with Crippen molar-refractivity contribution in [2.75, 3.05) is 6.54 Å². The molecule has 3 aliphatic rings. The molecule has 4 atom stereocenters. The average Bonchev–Trinajstić information content (AvgIpc) is 3.15. The molecule has 0 aromatic heterocycles. The number of allylic oxidation sites excluding steroid dienone is 2. The van der Waals surface area contributed by atoms with Crippen LogP contribution in [0.15, 0.2) is 11.6 Å². The molecule has 1 N–H and O–H groups in total. The van der Waals surface area contributed by atoms with Gasteiger partial charge in [0.25, 0.3) is 0 Å². The van der Waals surface area contributed by atoms with Gasteiger partial charge in [0.2, 0.25) is 11.8 Å². The van der Waals surface area contributed by atoms with Crippen LogP contribution in [0.2, 0.25) is 0 Å². The second-order valence-corrected chi connectivity index (χ2v) is 7.18. The van der Waals surface area contributed by atoms with E-state index >= 15 is 0 Å². The summed E-state index contributed by atoms with van der Waals surface area (Å²) < 4.78 is 0. The maximum absolute atomic E-state index is 12.5. The average molecular weight is 304 g/mol. The van der Waals surface area contributed by atoms with Gasteiger partial charge in [-0.3, -0.25) is 9.59 Å². The van der Waals surface area contributed by atoms with Crippen LogP contribution >= 0.6 is 0 Å². The van der Waals surface area contributed by atoms with Crippen molar-refractivity contribution in [3.05, 3.63) is 11.6 Å². The van der Waals surface area contributed by atoms with Crippen LogP contribution in [0.5, 0.6) is 0 Å². The van der Waals surface area contributed by atoms with Gasteiger partial charge in [-0.1, -0.05) is 25.0 Å². The van der Waals surface area contributed by atoms with Crippen LogP contribution in [-0.4, -0.2) is 35.3 Å². The first-order valence-corrected chi connectivity index (χ1v) is 8.90. The molecule has 1 saturated heterocycles.